The second-order valence-corrected chi connectivity index (χ2v) is 5.98. The maximum absolute atomic E-state index is 12.0. The molecule has 1 N–H and O–H groups in total. The number of amides is 1. The minimum Gasteiger partial charge on any atom is -0.388 e. The molecule has 4 heteroatoms. The minimum atomic E-state index is -0.613. The topological polar surface area (TPSA) is 43.8 Å². The van der Waals surface area contributed by atoms with Crippen LogP contribution in [0.2, 0.25) is 0 Å². The summed E-state index contributed by atoms with van der Waals surface area (Å²) in [6, 6.07) is 0. The van der Waals surface area contributed by atoms with Crippen LogP contribution in [0.4, 0.5) is 0 Å². The van der Waals surface area contributed by atoms with E-state index in [9.17, 15) is 9.90 Å². The van der Waals surface area contributed by atoms with Crippen molar-refractivity contribution in [3.05, 3.63) is 0 Å². The van der Waals surface area contributed by atoms with Crippen molar-refractivity contribution in [2.45, 2.75) is 50.5 Å². The van der Waals surface area contributed by atoms with Crippen LogP contribution in [0.15, 0.2) is 0 Å². The van der Waals surface area contributed by atoms with E-state index in [2.05, 4.69) is 4.90 Å². The molecule has 2 rings (SSSR count). The molecule has 0 radical (unpaired) electrons. The van der Waals surface area contributed by atoms with E-state index in [4.69, 9.17) is 0 Å². The number of carbonyl (C=O) groups is 1. The fourth-order valence-corrected chi connectivity index (χ4v) is 3.17. The number of rotatable bonds is 5. The highest BCUT2D eigenvalue weighted by Gasteiger charge is 2.33. The fraction of sp³-hybridized carbons (Fsp3) is 0.929. The van der Waals surface area contributed by atoms with Crippen molar-refractivity contribution in [3.8, 4) is 0 Å². The average Bonchev–Trinajstić information content (AvgIpc) is 2.97. The number of aliphatic hydroxyl groups is 1. The second-order valence-electron chi connectivity index (χ2n) is 5.98. The maximum atomic E-state index is 12.0. The van der Waals surface area contributed by atoms with Gasteiger partial charge in [-0.2, -0.15) is 0 Å². The number of likely N-dealkylation sites (N-methyl/N-ethyl adjacent to an activating group) is 1. The SMILES string of the molecule is CN(CC1(O)CCCC1)C(=O)CCN1CCCC1. The summed E-state index contributed by atoms with van der Waals surface area (Å²) in [5.74, 6) is 0.169. The summed E-state index contributed by atoms with van der Waals surface area (Å²) in [6.45, 7) is 3.66. The Hall–Kier alpha value is -0.610. The first-order chi connectivity index (χ1) is 8.59. The molecule has 1 saturated heterocycles. The molecule has 1 aliphatic heterocycles. The van der Waals surface area contributed by atoms with E-state index >= 15 is 0 Å². The van der Waals surface area contributed by atoms with E-state index in [1.165, 1.54) is 12.8 Å². The normalized spacial score (nSPS) is 23.4. The van der Waals surface area contributed by atoms with E-state index < -0.39 is 5.60 Å². The first kappa shape index (κ1) is 13.8. The van der Waals surface area contributed by atoms with Gasteiger partial charge < -0.3 is 14.9 Å². The van der Waals surface area contributed by atoms with E-state index in [0.717, 1.165) is 45.3 Å². The van der Waals surface area contributed by atoms with E-state index in [1.54, 1.807) is 4.90 Å². The summed E-state index contributed by atoms with van der Waals surface area (Å²) in [5, 5.41) is 10.3. The van der Waals surface area contributed by atoms with Crippen molar-refractivity contribution >= 4 is 5.91 Å². The van der Waals surface area contributed by atoms with Gasteiger partial charge in [0.2, 0.25) is 5.91 Å². The lowest BCUT2D eigenvalue weighted by Crippen LogP contribution is -2.42. The van der Waals surface area contributed by atoms with E-state index in [-0.39, 0.29) is 5.91 Å². The Labute approximate surface area is 110 Å². The number of hydrogen-bond donors (Lipinski definition) is 1. The Kier molecular flexibility index (Phi) is 4.62. The lowest BCUT2D eigenvalue weighted by molar-refractivity contribution is -0.133. The third-order valence-corrected chi connectivity index (χ3v) is 4.33. The van der Waals surface area contributed by atoms with Crippen LogP contribution < -0.4 is 0 Å². The highest BCUT2D eigenvalue weighted by atomic mass is 16.3. The molecular weight excluding hydrogens is 228 g/mol. The van der Waals surface area contributed by atoms with Crippen LogP contribution in [0, 0.1) is 0 Å². The molecule has 0 aromatic heterocycles. The van der Waals surface area contributed by atoms with Gasteiger partial charge in [0.1, 0.15) is 0 Å². The monoisotopic (exact) mass is 254 g/mol. The quantitative estimate of drug-likeness (QED) is 0.802. The predicted molar refractivity (Wildman–Crippen MR) is 71.3 cm³/mol. The summed E-state index contributed by atoms with van der Waals surface area (Å²) >= 11 is 0. The van der Waals surface area contributed by atoms with Crippen LogP contribution in [0.3, 0.4) is 0 Å². The van der Waals surface area contributed by atoms with Gasteiger partial charge in [0.15, 0.2) is 0 Å². The van der Waals surface area contributed by atoms with Gasteiger partial charge in [0.25, 0.3) is 0 Å². The van der Waals surface area contributed by atoms with Crippen LogP contribution in [-0.2, 0) is 4.79 Å². The van der Waals surface area contributed by atoms with Crippen molar-refractivity contribution in [1.29, 1.82) is 0 Å². The van der Waals surface area contributed by atoms with Crippen LogP contribution in [0.25, 0.3) is 0 Å². The van der Waals surface area contributed by atoms with E-state index in [0.29, 0.717) is 13.0 Å². The fourth-order valence-electron chi connectivity index (χ4n) is 3.17. The summed E-state index contributed by atoms with van der Waals surface area (Å²) in [6.07, 6.45) is 6.99. The van der Waals surface area contributed by atoms with Crippen molar-refractivity contribution in [1.82, 2.24) is 9.80 Å². The van der Waals surface area contributed by atoms with Gasteiger partial charge in [-0.1, -0.05) is 12.8 Å². The summed E-state index contributed by atoms with van der Waals surface area (Å²) < 4.78 is 0. The lowest BCUT2D eigenvalue weighted by Gasteiger charge is -2.29. The molecule has 0 atom stereocenters. The molecule has 0 unspecified atom stereocenters. The largest absolute Gasteiger partial charge is 0.388 e. The van der Waals surface area contributed by atoms with Crippen LogP contribution >= 0.6 is 0 Å². The Morgan fingerprint density at radius 3 is 2.44 bits per heavy atom. The van der Waals surface area contributed by atoms with Crippen molar-refractivity contribution in [2.75, 3.05) is 33.2 Å². The second kappa shape index (κ2) is 6.02. The first-order valence-electron chi connectivity index (χ1n) is 7.28. The van der Waals surface area contributed by atoms with Gasteiger partial charge in [-0.05, 0) is 38.8 Å². The molecule has 1 aliphatic carbocycles. The zero-order valence-corrected chi connectivity index (χ0v) is 11.5. The number of hydrogen-bond acceptors (Lipinski definition) is 3. The molecule has 0 aromatic rings. The zero-order valence-electron chi connectivity index (χ0n) is 11.5. The summed E-state index contributed by atoms with van der Waals surface area (Å²) in [4.78, 5) is 16.1. The Balaban J connectivity index is 1.70. The molecule has 1 amide bonds. The summed E-state index contributed by atoms with van der Waals surface area (Å²) in [5.41, 5.74) is -0.613. The highest BCUT2D eigenvalue weighted by molar-refractivity contribution is 5.76. The smallest absolute Gasteiger partial charge is 0.223 e. The van der Waals surface area contributed by atoms with E-state index in [1.807, 2.05) is 7.05 Å². The Bertz CT molecular complexity index is 282. The number of carbonyl (C=O) groups excluding carboxylic acids is 1. The van der Waals surface area contributed by atoms with Gasteiger partial charge in [0.05, 0.1) is 5.60 Å². The molecule has 18 heavy (non-hydrogen) atoms. The molecular formula is C14H26N2O2. The molecule has 0 bridgehead atoms. The molecule has 2 fully saturated rings. The molecule has 2 aliphatic rings. The third-order valence-electron chi connectivity index (χ3n) is 4.33. The zero-order chi connectivity index (χ0) is 13.0. The minimum absolute atomic E-state index is 0.169. The molecule has 0 spiro atoms. The van der Waals surface area contributed by atoms with Crippen LogP contribution in [0.5, 0.6) is 0 Å². The van der Waals surface area contributed by atoms with Crippen LogP contribution in [-0.4, -0.2) is 59.6 Å². The van der Waals surface area contributed by atoms with Crippen molar-refractivity contribution in [3.63, 3.8) is 0 Å². The molecule has 1 saturated carbocycles. The predicted octanol–water partition coefficient (Wildman–Crippen LogP) is 1.24. The molecule has 1 heterocycles. The Morgan fingerprint density at radius 2 is 1.83 bits per heavy atom. The highest BCUT2D eigenvalue weighted by Crippen LogP contribution is 2.29. The lowest BCUT2D eigenvalue weighted by atomic mass is 10.0. The Morgan fingerprint density at radius 1 is 1.22 bits per heavy atom. The van der Waals surface area contributed by atoms with Gasteiger partial charge in [-0.3, -0.25) is 4.79 Å². The molecule has 0 aromatic carbocycles. The number of likely N-dealkylation sites (tertiary alicyclic amines) is 1. The van der Waals surface area contributed by atoms with Gasteiger partial charge in [-0.15, -0.1) is 0 Å². The van der Waals surface area contributed by atoms with Gasteiger partial charge >= 0.3 is 0 Å². The standard InChI is InChI=1S/C14H26N2O2/c1-15(12-14(18)7-2-3-8-14)13(17)6-11-16-9-4-5-10-16/h18H,2-12H2,1H3. The average molecular weight is 254 g/mol. The van der Waals surface area contributed by atoms with Crippen molar-refractivity contribution < 1.29 is 9.90 Å². The van der Waals surface area contributed by atoms with Gasteiger partial charge in [0, 0.05) is 26.6 Å². The maximum Gasteiger partial charge on any atom is 0.223 e. The van der Waals surface area contributed by atoms with Gasteiger partial charge in [-0.25, -0.2) is 0 Å². The summed E-state index contributed by atoms with van der Waals surface area (Å²) in [7, 11) is 1.82. The third kappa shape index (κ3) is 3.69. The first-order valence-corrected chi connectivity index (χ1v) is 7.28. The number of nitrogens with zero attached hydrogens (tertiary/aromatic N) is 2. The molecule has 4 nitrogen and oxygen atoms in total. The van der Waals surface area contributed by atoms with Crippen molar-refractivity contribution in [2.24, 2.45) is 0 Å². The van der Waals surface area contributed by atoms with Crippen LogP contribution in [0.1, 0.15) is 44.9 Å². The molecule has 104 valence electrons.